The van der Waals surface area contributed by atoms with Gasteiger partial charge in [0.05, 0.1) is 5.69 Å². The molecule has 100 valence electrons. The summed E-state index contributed by atoms with van der Waals surface area (Å²) in [5, 5.41) is 3.89. The first-order chi connectivity index (χ1) is 9.08. The summed E-state index contributed by atoms with van der Waals surface area (Å²) in [7, 11) is 0. The number of nitrogens with two attached hydrogens (primary N) is 1. The van der Waals surface area contributed by atoms with E-state index in [1.165, 1.54) is 17.8 Å². The number of thiophene rings is 1. The predicted molar refractivity (Wildman–Crippen MR) is 78.4 cm³/mol. The van der Waals surface area contributed by atoms with E-state index < -0.39 is 0 Å². The first kappa shape index (κ1) is 12.4. The minimum atomic E-state index is -0.0704. The summed E-state index contributed by atoms with van der Waals surface area (Å²) in [5.41, 5.74) is 7.73. The second-order valence-electron chi connectivity index (χ2n) is 5.34. The van der Waals surface area contributed by atoms with Gasteiger partial charge in [0.15, 0.2) is 0 Å². The number of pyridine rings is 1. The van der Waals surface area contributed by atoms with Crippen molar-refractivity contribution in [2.24, 2.45) is 11.8 Å². The van der Waals surface area contributed by atoms with Crippen LogP contribution < -0.4 is 11.1 Å². The van der Waals surface area contributed by atoms with Crippen LogP contribution in [0.2, 0.25) is 0 Å². The van der Waals surface area contributed by atoms with Crippen LogP contribution in [0.4, 0.5) is 5.69 Å². The standard InChI is InChI=1S/C14H17N3OS/c1-7-3-4-16-14-10(7)11(15)12(19-14)13(18)17-6-9-5-8(9)2/h3-4,8-9H,5-6,15H2,1-2H3,(H,17,18). The number of rotatable bonds is 3. The second-order valence-corrected chi connectivity index (χ2v) is 6.34. The highest BCUT2D eigenvalue weighted by atomic mass is 32.1. The van der Waals surface area contributed by atoms with Crippen molar-refractivity contribution in [3.05, 3.63) is 22.7 Å². The molecule has 0 spiro atoms. The second kappa shape index (κ2) is 4.49. The van der Waals surface area contributed by atoms with Crippen molar-refractivity contribution >= 4 is 33.1 Å². The number of amides is 1. The van der Waals surface area contributed by atoms with Crippen LogP contribution in [-0.2, 0) is 0 Å². The number of carbonyl (C=O) groups is 1. The number of nitrogens with zero attached hydrogens (tertiary/aromatic N) is 1. The fourth-order valence-electron chi connectivity index (χ4n) is 2.36. The Balaban J connectivity index is 1.85. The molecule has 2 aromatic rings. The van der Waals surface area contributed by atoms with Gasteiger partial charge in [0.25, 0.3) is 5.91 Å². The lowest BCUT2D eigenvalue weighted by atomic mass is 10.2. The zero-order valence-corrected chi connectivity index (χ0v) is 11.9. The van der Waals surface area contributed by atoms with Crippen LogP contribution >= 0.6 is 11.3 Å². The van der Waals surface area contributed by atoms with E-state index in [9.17, 15) is 4.79 Å². The summed E-state index contributed by atoms with van der Waals surface area (Å²) in [6.45, 7) is 4.94. The number of aryl methyl sites for hydroxylation is 1. The molecule has 0 saturated heterocycles. The van der Waals surface area contributed by atoms with E-state index in [-0.39, 0.29) is 5.91 Å². The van der Waals surface area contributed by atoms with E-state index in [0.717, 1.165) is 28.2 Å². The summed E-state index contributed by atoms with van der Waals surface area (Å²) in [5.74, 6) is 1.31. The van der Waals surface area contributed by atoms with Gasteiger partial charge in [-0.3, -0.25) is 4.79 Å². The van der Waals surface area contributed by atoms with Gasteiger partial charge < -0.3 is 11.1 Å². The van der Waals surface area contributed by atoms with Gasteiger partial charge in [-0.15, -0.1) is 11.3 Å². The largest absolute Gasteiger partial charge is 0.397 e. The van der Waals surface area contributed by atoms with Crippen molar-refractivity contribution in [3.8, 4) is 0 Å². The molecular formula is C14H17N3OS. The minimum Gasteiger partial charge on any atom is -0.397 e. The molecule has 1 saturated carbocycles. The molecule has 4 nitrogen and oxygen atoms in total. The SMILES string of the molecule is Cc1ccnc2sc(C(=O)NCC3CC3C)c(N)c12. The van der Waals surface area contributed by atoms with E-state index in [1.54, 1.807) is 6.20 Å². The fraction of sp³-hybridized carbons (Fsp3) is 0.429. The number of hydrogen-bond donors (Lipinski definition) is 2. The number of nitrogen functional groups attached to an aromatic ring is 1. The molecule has 3 N–H and O–H groups in total. The first-order valence-electron chi connectivity index (χ1n) is 6.49. The third kappa shape index (κ3) is 2.18. The Labute approximate surface area is 116 Å². The lowest BCUT2D eigenvalue weighted by Crippen LogP contribution is -2.25. The van der Waals surface area contributed by atoms with Crippen molar-refractivity contribution < 1.29 is 4.79 Å². The van der Waals surface area contributed by atoms with Gasteiger partial charge >= 0.3 is 0 Å². The van der Waals surface area contributed by atoms with Crippen LogP contribution in [0.3, 0.4) is 0 Å². The summed E-state index contributed by atoms with van der Waals surface area (Å²) < 4.78 is 0. The van der Waals surface area contributed by atoms with Gasteiger partial charge in [-0.2, -0.15) is 0 Å². The van der Waals surface area contributed by atoms with Crippen molar-refractivity contribution in [2.45, 2.75) is 20.3 Å². The lowest BCUT2D eigenvalue weighted by Gasteiger charge is -2.03. The highest BCUT2D eigenvalue weighted by molar-refractivity contribution is 7.21. The van der Waals surface area contributed by atoms with Gasteiger partial charge in [0.2, 0.25) is 0 Å². The number of anilines is 1. The van der Waals surface area contributed by atoms with Crippen LogP contribution in [-0.4, -0.2) is 17.4 Å². The highest BCUT2D eigenvalue weighted by Crippen LogP contribution is 2.37. The Morgan fingerprint density at radius 2 is 2.37 bits per heavy atom. The zero-order valence-electron chi connectivity index (χ0n) is 11.1. The van der Waals surface area contributed by atoms with Crippen molar-refractivity contribution in [1.82, 2.24) is 10.3 Å². The minimum absolute atomic E-state index is 0.0704. The Hall–Kier alpha value is -1.62. The molecule has 0 aliphatic heterocycles. The van der Waals surface area contributed by atoms with E-state index in [1.807, 2.05) is 13.0 Å². The van der Waals surface area contributed by atoms with Crippen LogP contribution in [0.25, 0.3) is 10.2 Å². The third-order valence-corrected chi connectivity index (χ3v) is 4.96. The van der Waals surface area contributed by atoms with Crippen LogP contribution in [0.5, 0.6) is 0 Å². The van der Waals surface area contributed by atoms with Crippen LogP contribution in [0, 0.1) is 18.8 Å². The van der Waals surface area contributed by atoms with Crippen LogP contribution in [0.1, 0.15) is 28.6 Å². The molecular weight excluding hydrogens is 258 g/mol. The van der Waals surface area contributed by atoms with Gasteiger partial charge in [-0.25, -0.2) is 4.98 Å². The topological polar surface area (TPSA) is 68.0 Å². The first-order valence-corrected chi connectivity index (χ1v) is 7.31. The Morgan fingerprint density at radius 1 is 1.63 bits per heavy atom. The molecule has 3 rings (SSSR count). The molecule has 2 heterocycles. The van der Waals surface area contributed by atoms with Crippen LogP contribution in [0.15, 0.2) is 12.3 Å². The summed E-state index contributed by atoms with van der Waals surface area (Å²) in [6.07, 6.45) is 2.96. The third-order valence-electron chi connectivity index (χ3n) is 3.84. The number of fused-ring (bicyclic) bond motifs is 1. The Bertz CT molecular complexity index is 649. The molecule has 1 aliphatic rings. The van der Waals surface area contributed by atoms with E-state index >= 15 is 0 Å². The smallest absolute Gasteiger partial charge is 0.263 e. The summed E-state index contributed by atoms with van der Waals surface area (Å²) in [6, 6.07) is 1.92. The summed E-state index contributed by atoms with van der Waals surface area (Å²) in [4.78, 5) is 17.9. The Kier molecular flexibility index (Phi) is 2.93. The van der Waals surface area contributed by atoms with Crippen molar-refractivity contribution in [3.63, 3.8) is 0 Å². The molecule has 19 heavy (non-hydrogen) atoms. The molecule has 1 fully saturated rings. The number of hydrogen-bond acceptors (Lipinski definition) is 4. The zero-order chi connectivity index (χ0) is 13.6. The average molecular weight is 275 g/mol. The van der Waals surface area contributed by atoms with Crippen molar-refractivity contribution in [1.29, 1.82) is 0 Å². The maximum absolute atomic E-state index is 12.2. The molecule has 1 amide bonds. The van der Waals surface area contributed by atoms with E-state index in [2.05, 4.69) is 17.2 Å². The van der Waals surface area contributed by atoms with Gasteiger partial charge in [-0.05, 0) is 36.8 Å². The van der Waals surface area contributed by atoms with Gasteiger partial charge in [-0.1, -0.05) is 6.92 Å². The molecule has 0 bridgehead atoms. The normalized spacial score (nSPS) is 21.6. The summed E-state index contributed by atoms with van der Waals surface area (Å²) >= 11 is 1.37. The monoisotopic (exact) mass is 275 g/mol. The molecule has 0 aromatic carbocycles. The quantitative estimate of drug-likeness (QED) is 0.904. The van der Waals surface area contributed by atoms with Gasteiger partial charge in [0.1, 0.15) is 9.71 Å². The molecule has 1 aliphatic carbocycles. The molecule has 5 heteroatoms. The number of aromatic nitrogens is 1. The lowest BCUT2D eigenvalue weighted by molar-refractivity contribution is 0.0956. The fourth-order valence-corrected chi connectivity index (χ4v) is 3.42. The molecule has 2 unspecified atom stereocenters. The van der Waals surface area contributed by atoms with Gasteiger partial charge in [0, 0.05) is 18.1 Å². The average Bonchev–Trinajstić information content (AvgIpc) is 2.97. The molecule has 2 aromatic heterocycles. The van der Waals surface area contributed by atoms with Crippen molar-refractivity contribution in [2.75, 3.05) is 12.3 Å². The maximum atomic E-state index is 12.2. The predicted octanol–water partition coefficient (Wildman–Crippen LogP) is 2.57. The number of carbonyl (C=O) groups excluding carboxylic acids is 1. The number of nitrogens with one attached hydrogen (secondary N) is 1. The van der Waals surface area contributed by atoms with E-state index in [0.29, 0.717) is 16.5 Å². The molecule has 0 radical (unpaired) electrons. The molecule has 2 atom stereocenters. The highest BCUT2D eigenvalue weighted by Gasteiger charge is 2.32. The van der Waals surface area contributed by atoms with E-state index in [4.69, 9.17) is 5.73 Å². The Morgan fingerprint density at radius 3 is 3.00 bits per heavy atom. The maximum Gasteiger partial charge on any atom is 0.263 e.